The minimum Gasteiger partial charge on any atom is -0.399 e. The van der Waals surface area contributed by atoms with Crippen molar-refractivity contribution in [3.05, 3.63) is 59.3 Å². The van der Waals surface area contributed by atoms with Crippen molar-refractivity contribution in [3.63, 3.8) is 0 Å². The van der Waals surface area contributed by atoms with E-state index in [0.29, 0.717) is 0 Å². The van der Waals surface area contributed by atoms with Gasteiger partial charge in [-0.3, -0.25) is 0 Å². The number of rotatable bonds is 1. The molecule has 0 unspecified atom stereocenters. The summed E-state index contributed by atoms with van der Waals surface area (Å²) < 4.78 is 0. The molecule has 1 aliphatic carbocycles. The third-order valence-electron chi connectivity index (χ3n) is 2.60. The SMILES string of the molecule is NC1=CC/C(=C(/N)c2ccc(N)cc2)C=C1. The Morgan fingerprint density at radius 1 is 1.00 bits per heavy atom. The van der Waals surface area contributed by atoms with Gasteiger partial charge in [0.1, 0.15) is 0 Å². The van der Waals surface area contributed by atoms with Crippen LogP contribution >= 0.6 is 0 Å². The molecule has 6 N–H and O–H groups in total. The van der Waals surface area contributed by atoms with Gasteiger partial charge >= 0.3 is 0 Å². The lowest BCUT2D eigenvalue weighted by Gasteiger charge is -2.10. The molecular weight excluding hydrogens is 198 g/mol. The number of hydrogen-bond donors (Lipinski definition) is 3. The number of benzene rings is 1. The predicted molar refractivity (Wildman–Crippen MR) is 68.0 cm³/mol. The Kier molecular flexibility index (Phi) is 2.68. The number of allylic oxidation sites excluding steroid dienone is 4. The smallest absolute Gasteiger partial charge is 0.0423 e. The van der Waals surface area contributed by atoms with Crippen LogP contribution in [0.15, 0.2) is 53.8 Å². The summed E-state index contributed by atoms with van der Waals surface area (Å²) in [6.07, 6.45) is 6.56. The van der Waals surface area contributed by atoms with E-state index < -0.39 is 0 Å². The third-order valence-corrected chi connectivity index (χ3v) is 2.60. The lowest BCUT2D eigenvalue weighted by molar-refractivity contribution is 1.19. The van der Waals surface area contributed by atoms with E-state index in [2.05, 4.69) is 0 Å². The molecule has 1 aromatic carbocycles. The van der Waals surface area contributed by atoms with Crippen molar-refractivity contribution in [1.29, 1.82) is 0 Å². The quantitative estimate of drug-likeness (QED) is 0.622. The van der Waals surface area contributed by atoms with E-state index in [-0.39, 0.29) is 0 Å². The van der Waals surface area contributed by atoms with Crippen LogP contribution in [0.2, 0.25) is 0 Å². The Balaban J connectivity index is 2.32. The van der Waals surface area contributed by atoms with Gasteiger partial charge in [-0.15, -0.1) is 0 Å². The molecule has 82 valence electrons. The molecule has 1 aromatic rings. The van der Waals surface area contributed by atoms with Crippen LogP contribution in [-0.4, -0.2) is 0 Å². The van der Waals surface area contributed by atoms with Crippen molar-refractivity contribution in [2.24, 2.45) is 11.5 Å². The molecule has 3 heteroatoms. The lowest BCUT2D eigenvalue weighted by Crippen LogP contribution is -2.04. The molecule has 2 rings (SSSR count). The summed E-state index contributed by atoms with van der Waals surface area (Å²) in [7, 11) is 0. The fraction of sp³-hybridized carbons (Fsp3) is 0.0769. The summed E-state index contributed by atoms with van der Waals surface area (Å²) >= 11 is 0. The van der Waals surface area contributed by atoms with Crippen LogP contribution in [0.3, 0.4) is 0 Å². The van der Waals surface area contributed by atoms with Gasteiger partial charge in [-0.2, -0.15) is 0 Å². The molecule has 0 saturated carbocycles. The van der Waals surface area contributed by atoms with E-state index in [9.17, 15) is 0 Å². The maximum Gasteiger partial charge on any atom is 0.0423 e. The highest BCUT2D eigenvalue weighted by atomic mass is 14.6. The molecule has 0 saturated heterocycles. The highest BCUT2D eigenvalue weighted by Crippen LogP contribution is 2.21. The first-order valence-electron chi connectivity index (χ1n) is 5.15. The summed E-state index contributed by atoms with van der Waals surface area (Å²) in [6, 6.07) is 7.54. The van der Waals surface area contributed by atoms with Gasteiger partial charge < -0.3 is 17.2 Å². The Morgan fingerprint density at radius 2 is 1.69 bits per heavy atom. The first kappa shape index (κ1) is 10.4. The summed E-state index contributed by atoms with van der Waals surface area (Å²) in [6.45, 7) is 0. The second-order valence-electron chi connectivity index (χ2n) is 3.80. The van der Waals surface area contributed by atoms with Gasteiger partial charge in [-0.25, -0.2) is 0 Å². The number of hydrogen-bond acceptors (Lipinski definition) is 3. The van der Waals surface area contributed by atoms with Crippen LogP contribution in [0.1, 0.15) is 12.0 Å². The second-order valence-corrected chi connectivity index (χ2v) is 3.80. The van der Waals surface area contributed by atoms with Gasteiger partial charge in [0, 0.05) is 17.1 Å². The molecule has 0 atom stereocenters. The van der Waals surface area contributed by atoms with E-state index in [1.54, 1.807) is 0 Å². The van der Waals surface area contributed by atoms with Crippen molar-refractivity contribution in [2.75, 3.05) is 5.73 Å². The molecule has 0 spiro atoms. The topological polar surface area (TPSA) is 78.1 Å². The van der Waals surface area contributed by atoms with Crippen LogP contribution in [0.25, 0.3) is 5.70 Å². The number of nitrogen functional groups attached to an aromatic ring is 1. The molecule has 16 heavy (non-hydrogen) atoms. The average molecular weight is 213 g/mol. The fourth-order valence-electron chi connectivity index (χ4n) is 1.61. The molecule has 0 fully saturated rings. The molecule has 0 heterocycles. The van der Waals surface area contributed by atoms with Crippen molar-refractivity contribution in [3.8, 4) is 0 Å². The third kappa shape index (κ3) is 2.08. The molecule has 1 aliphatic rings. The van der Waals surface area contributed by atoms with Crippen molar-refractivity contribution in [2.45, 2.75) is 6.42 Å². The lowest BCUT2D eigenvalue weighted by atomic mass is 10.00. The normalized spacial score (nSPS) is 18.1. The number of nitrogens with two attached hydrogens (primary N) is 3. The van der Waals surface area contributed by atoms with Crippen LogP contribution in [0.4, 0.5) is 5.69 Å². The van der Waals surface area contributed by atoms with Gasteiger partial charge in [0.25, 0.3) is 0 Å². The fourth-order valence-corrected chi connectivity index (χ4v) is 1.61. The van der Waals surface area contributed by atoms with Gasteiger partial charge in [-0.1, -0.05) is 24.3 Å². The van der Waals surface area contributed by atoms with E-state index in [0.717, 1.165) is 34.6 Å². The largest absolute Gasteiger partial charge is 0.399 e. The Morgan fingerprint density at radius 3 is 2.25 bits per heavy atom. The predicted octanol–water partition coefficient (Wildman–Crippen LogP) is 1.74. The monoisotopic (exact) mass is 213 g/mol. The molecule has 3 nitrogen and oxygen atoms in total. The summed E-state index contributed by atoms with van der Waals surface area (Å²) in [5.41, 5.74) is 21.7. The minimum atomic E-state index is 0.741. The van der Waals surface area contributed by atoms with Gasteiger partial charge in [0.05, 0.1) is 0 Å². The van der Waals surface area contributed by atoms with E-state index in [4.69, 9.17) is 17.2 Å². The zero-order valence-electron chi connectivity index (χ0n) is 8.98. The van der Waals surface area contributed by atoms with E-state index in [1.165, 1.54) is 0 Å². The Labute approximate surface area is 94.9 Å². The Bertz CT molecular complexity index is 478. The van der Waals surface area contributed by atoms with Crippen LogP contribution in [-0.2, 0) is 0 Å². The van der Waals surface area contributed by atoms with E-state index in [1.807, 2.05) is 42.5 Å². The van der Waals surface area contributed by atoms with Gasteiger partial charge in [0.2, 0.25) is 0 Å². The molecule has 0 amide bonds. The summed E-state index contributed by atoms with van der Waals surface area (Å²) in [4.78, 5) is 0. The van der Waals surface area contributed by atoms with Gasteiger partial charge in [-0.05, 0) is 35.8 Å². The molecular formula is C13H15N3. The zero-order valence-corrected chi connectivity index (χ0v) is 8.98. The van der Waals surface area contributed by atoms with Crippen molar-refractivity contribution >= 4 is 11.4 Å². The average Bonchev–Trinajstić information content (AvgIpc) is 2.30. The van der Waals surface area contributed by atoms with E-state index >= 15 is 0 Å². The number of anilines is 1. The van der Waals surface area contributed by atoms with Crippen molar-refractivity contribution < 1.29 is 0 Å². The maximum atomic E-state index is 6.08. The van der Waals surface area contributed by atoms with Crippen LogP contribution < -0.4 is 17.2 Å². The highest BCUT2D eigenvalue weighted by molar-refractivity contribution is 5.70. The van der Waals surface area contributed by atoms with Crippen LogP contribution in [0.5, 0.6) is 0 Å². The molecule has 0 radical (unpaired) electrons. The van der Waals surface area contributed by atoms with Crippen LogP contribution in [0, 0.1) is 0 Å². The van der Waals surface area contributed by atoms with Gasteiger partial charge in [0.15, 0.2) is 0 Å². The molecule has 0 aliphatic heterocycles. The maximum absolute atomic E-state index is 6.08. The highest BCUT2D eigenvalue weighted by Gasteiger charge is 2.05. The van der Waals surface area contributed by atoms with Crippen molar-refractivity contribution in [1.82, 2.24) is 0 Å². The Hall–Kier alpha value is -2.16. The molecule has 0 bridgehead atoms. The first-order chi connectivity index (χ1) is 7.66. The first-order valence-corrected chi connectivity index (χ1v) is 5.15. The standard InChI is InChI=1S/C13H15N3/c14-11-5-1-9(2-6-11)13(16)10-3-7-12(15)8-4-10/h1-3,5-8H,4,14-16H2/b13-10+. The summed E-state index contributed by atoms with van der Waals surface area (Å²) in [5, 5.41) is 0. The summed E-state index contributed by atoms with van der Waals surface area (Å²) in [5.74, 6) is 0. The second kappa shape index (κ2) is 4.14. The zero-order chi connectivity index (χ0) is 11.5. The minimum absolute atomic E-state index is 0.741. The molecule has 0 aromatic heterocycles.